The van der Waals surface area contributed by atoms with Gasteiger partial charge in [-0.15, -0.1) is 0 Å². The summed E-state index contributed by atoms with van der Waals surface area (Å²) >= 11 is 0. The summed E-state index contributed by atoms with van der Waals surface area (Å²) in [4.78, 5) is 0. The van der Waals surface area contributed by atoms with Gasteiger partial charge in [0, 0.05) is 0 Å². The summed E-state index contributed by atoms with van der Waals surface area (Å²) in [6.45, 7) is 7.03. The van der Waals surface area contributed by atoms with Gasteiger partial charge in [-0.1, -0.05) is 70.1 Å². The second kappa shape index (κ2) is 9.99. The van der Waals surface area contributed by atoms with Crippen molar-refractivity contribution < 1.29 is 4.74 Å². The van der Waals surface area contributed by atoms with Gasteiger partial charge in [-0.3, -0.25) is 0 Å². The predicted molar refractivity (Wildman–Crippen MR) is 79.0 cm³/mol. The van der Waals surface area contributed by atoms with Crippen LogP contribution in [0.15, 0.2) is 24.3 Å². The molecule has 0 amide bonds. The molecule has 0 heterocycles. The van der Waals surface area contributed by atoms with Gasteiger partial charge in [0.15, 0.2) is 0 Å². The van der Waals surface area contributed by atoms with E-state index in [1.165, 1.54) is 44.9 Å². The van der Waals surface area contributed by atoms with Gasteiger partial charge in [-0.2, -0.15) is 0 Å². The zero-order valence-corrected chi connectivity index (χ0v) is 11.8. The van der Waals surface area contributed by atoms with Gasteiger partial charge in [-0.25, -0.2) is 0 Å². The fourth-order valence-corrected chi connectivity index (χ4v) is 2.06. The molecule has 0 atom stereocenters. The molecule has 0 aliphatic carbocycles. The van der Waals surface area contributed by atoms with Gasteiger partial charge in [0.05, 0.1) is 6.61 Å². The van der Waals surface area contributed by atoms with Crippen molar-refractivity contribution in [1.82, 2.24) is 0 Å². The number of hydrogen-bond donors (Lipinski definition) is 0. The zero-order valence-electron chi connectivity index (χ0n) is 11.8. The van der Waals surface area contributed by atoms with Crippen LogP contribution in [0.25, 0.3) is 0 Å². The Bertz CT molecular complexity index is 306. The molecule has 1 rings (SSSR count). The number of rotatable bonds is 10. The Morgan fingerprint density at radius 2 is 1.50 bits per heavy atom. The molecule has 1 radical (unpaired) electrons. The first-order valence-corrected chi connectivity index (χ1v) is 7.38. The average Bonchev–Trinajstić information content (AvgIpc) is 2.39. The van der Waals surface area contributed by atoms with Crippen LogP contribution in [0.2, 0.25) is 0 Å². The molecular weight excluding hydrogens is 220 g/mol. The average molecular weight is 247 g/mol. The maximum Gasteiger partial charge on any atom is 0.122 e. The van der Waals surface area contributed by atoms with Crippen LogP contribution in [-0.4, -0.2) is 6.61 Å². The molecule has 101 valence electrons. The van der Waals surface area contributed by atoms with Crippen molar-refractivity contribution in [3.63, 3.8) is 0 Å². The van der Waals surface area contributed by atoms with E-state index in [1.807, 2.05) is 24.3 Å². The molecule has 1 heteroatoms. The Hall–Kier alpha value is -0.980. The lowest BCUT2D eigenvalue weighted by atomic mass is 10.1. The summed E-state index contributed by atoms with van der Waals surface area (Å²) in [6.07, 6.45) is 10.7. The molecule has 1 nitrogen and oxygen atoms in total. The van der Waals surface area contributed by atoms with Crippen molar-refractivity contribution in [2.45, 2.75) is 58.3 Å². The van der Waals surface area contributed by atoms with Crippen molar-refractivity contribution in [2.75, 3.05) is 6.61 Å². The van der Waals surface area contributed by atoms with Crippen molar-refractivity contribution in [3.05, 3.63) is 36.8 Å². The fourth-order valence-electron chi connectivity index (χ4n) is 2.06. The second-order valence-electron chi connectivity index (χ2n) is 4.93. The predicted octanol–water partition coefficient (Wildman–Crippen LogP) is 5.39. The molecule has 0 fully saturated rings. The summed E-state index contributed by atoms with van der Waals surface area (Å²) in [7, 11) is 0. The molecule has 0 aromatic heterocycles. The summed E-state index contributed by atoms with van der Waals surface area (Å²) in [5.41, 5.74) is 0.983. The SMILES string of the molecule is [CH2]c1ccccc1OCCCCCCCCCC. The maximum atomic E-state index is 5.72. The van der Waals surface area contributed by atoms with E-state index in [0.717, 1.165) is 24.3 Å². The first kappa shape index (κ1) is 15.1. The summed E-state index contributed by atoms with van der Waals surface area (Å²) < 4.78 is 5.72. The van der Waals surface area contributed by atoms with Gasteiger partial charge < -0.3 is 4.74 Å². The summed E-state index contributed by atoms with van der Waals surface area (Å²) in [5.74, 6) is 0.931. The van der Waals surface area contributed by atoms with Crippen LogP contribution in [0.4, 0.5) is 0 Å². The van der Waals surface area contributed by atoms with Crippen molar-refractivity contribution in [3.8, 4) is 5.75 Å². The molecule has 0 saturated heterocycles. The lowest BCUT2D eigenvalue weighted by Crippen LogP contribution is -1.98. The molecule has 0 unspecified atom stereocenters. The van der Waals surface area contributed by atoms with Gasteiger partial charge in [0.1, 0.15) is 5.75 Å². The highest BCUT2D eigenvalue weighted by atomic mass is 16.5. The number of para-hydroxylation sites is 1. The van der Waals surface area contributed by atoms with Crippen LogP contribution in [0.5, 0.6) is 5.75 Å². The van der Waals surface area contributed by atoms with Crippen LogP contribution in [0.1, 0.15) is 63.9 Å². The van der Waals surface area contributed by atoms with E-state index in [0.29, 0.717) is 0 Å². The molecule has 0 spiro atoms. The van der Waals surface area contributed by atoms with Gasteiger partial charge >= 0.3 is 0 Å². The van der Waals surface area contributed by atoms with Crippen LogP contribution in [0, 0.1) is 6.92 Å². The summed E-state index contributed by atoms with van der Waals surface area (Å²) in [6, 6.07) is 7.97. The molecule has 0 bridgehead atoms. The van der Waals surface area contributed by atoms with E-state index in [9.17, 15) is 0 Å². The highest BCUT2D eigenvalue weighted by Crippen LogP contribution is 2.16. The minimum atomic E-state index is 0.821. The van der Waals surface area contributed by atoms with E-state index in [2.05, 4.69) is 13.8 Å². The third-order valence-electron chi connectivity index (χ3n) is 3.23. The van der Waals surface area contributed by atoms with E-state index in [4.69, 9.17) is 4.74 Å². The van der Waals surface area contributed by atoms with Crippen molar-refractivity contribution in [2.24, 2.45) is 0 Å². The molecule has 0 saturated carbocycles. The van der Waals surface area contributed by atoms with Crippen LogP contribution in [-0.2, 0) is 0 Å². The molecule has 0 aliphatic heterocycles. The molecule has 1 aromatic carbocycles. The second-order valence-corrected chi connectivity index (χ2v) is 4.93. The van der Waals surface area contributed by atoms with E-state index in [-0.39, 0.29) is 0 Å². The Morgan fingerprint density at radius 3 is 2.17 bits per heavy atom. The Balaban J connectivity index is 1.94. The van der Waals surface area contributed by atoms with Crippen LogP contribution in [0.3, 0.4) is 0 Å². The first-order chi connectivity index (χ1) is 8.84. The van der Waals surface area contributed by atoms with Gasteiger partial charge in [0.2, 0.25) is 0 Å². The van der Waals surface area contributed by atoms with Crippen LogP contribution >= 0.6 is 0 Å². The zero-order chi connectivity index (χ0) is 13.1. The van der Waals surface area contributed by atoms with E-state index in [1.54, 1.807) is 0 Å². The first-order valence-electron chi connectivity index (χ1n) is 7.38. The quantitative estimate of drug-likeness (QED) is 0.504. The third kappa shape index (κ3) is 6.68. The molecular formula is C17H27O. The number of benzene rings is 1. The minimum Gasteiger partial charge on any atom is -0.493 e. The number of unbranched alkanes of at least 4 members (excludes halogenated alkanes) is 7. The molecule has 18 heavy (non-hydrogen) atoms. The van der Waals surface area contributed by atoms with E-state index >= 15 is 0 Å². The largest absolute Gasteiger partial charge is 0.493 e. The molecule has 0 aliphatic rings. The van der Waals surface area contributed by atoms with Crippen molar-refractivity contribution >= 4 is 0 Å². The Kier molecular flexibility index (Phi) is 8.37. The summed E-state index contributed by atoms with van der Waals surface area (Å²) in [5, 5.41) is 0. The topological polar surface area (TPSA) is 9.23 Å². The van der Waals surface area contributed by atoms with E-state index < -0.39 is 0 Å². The number of ether oxygens (including phenoxy) is 1. The highest BCUT2D eigenvalue weighted by molar-refractivity contribution is 5.35. The van der Waals surface area contributed by atoms with Gasteiger partial charge in [-0.05, 0) is 25.0 Å². The van der Waals surface area contributed by atoms with Crippen molar-refractivity contribution in [1.29, 1.82) is 0 Å². The Labute approximate surface area is 113 Å². The number of hydrogen-bond acceptors (Lipinski definition) is 1. The monoisotopic (exact) mass is 247 g/mol. The molecule has 0 N–H and O–H groups in total. The lowest BCUT2D eigenvalue weighted by Gasteiger charge is -2.08. The fraction of sp³-hybridized carbons (Fsp3) is 0.588. The lowest BCUT2D eigenvalue weighted by molar-refractivity contribution is 0.303. The van der Waals surface area contributed by atoms with Gasteiger partial charge in [0.25, 0.3) is 0 Å². The Morgan fingerprint density at radius 1 is 0.889 bits per heavy atom. The maximum absolute atomic E-state index is 5.72. The highest BCUT2D eigenvalue weighted by Gasteiger charge is 1.97. The normalized spacial score (nSPS) is 10.6. The smallest absolute Gasteiger partial charge is 0.122 e. The van der Waals surface area contributed by atoms with Crippen LogP contribution < -0.4 is 4.74 Å². The minimum absolute atomic E-state index is 0.821. The molecule has 1 aromatic rings. The third-order valence-corrected chi connectivity index (χ3v) is 3.23. The standard InChI is InChI=1S/C17H27O/c1-3-4-5-6-7-8-9-12-15-18-17-14-11-10-13-16(17)2/h10-11,13-14H,2-9,12,15H2,1H3.